The predicted molar refractivity (Wildman–Crippen MR) is 40.5 cm³/mol. The molecule has 0 amide bonds. The first kappa shape index (κ1) is 13.6. The minimum Gasteiger partial charge on any atom is -0.488 e. The Bertz CT molecular complexity index is 94.1. The molecule has 0 N–H and O–H groups in total. The van der Waals surface area contributed by atoms with Gasteiger partial charge in [0, 0.05) is 21.1 Å². The molecule has 0 fully saturated rings. The fourth-order valence-electron chi connectivity index (χ4n) is 0.715. The zero-order valence-electron chi connectivity index (χ0n) is 6.97. The van der Waals surface area contributed by atoms with Crippen molar-refractivity contribution in [3.05, 3.63) is 6.92 Å². The Labute approximate surface area is 83.0 Å². The Kier molecular flexibility index (Phi) is 12.4. The van der Waals surface area contributed by atoms with Gasteiger partial charge in [-0.05, 0) is 6.42 Å². The van der Waals surface area contributed by atoms with Crippen molar-refractivity contribution in [2.75, 3.05) is 6.61 Å². The normalized spacial score (nSPS) is 8.45. The van der Waals surface area contributed by atoms with Crippen LogP contribution in [0.3, 0.4) is 0 Å². The van der Waals surface area contributed by atoms with Crippen molar-refractivity contribution < 1.29 is 30.6 Å². The minimum atomic E-state index is -0.420. The molecule has 0 aromatic rings. The molecule has 2 nitrogen and oxygen atoms in total. The van der Waals surface area contributed by atoms with Crippen LogP contribution in [0.1, 0.15) is 32.6 Å². The zero-order chi connectivity index (χ0) is 7.82. The van der Waals surface area contributed by atoms with Gasteiger partial charge in [-0.25, -0.2) is 0 Å². The van der Waals surface area contributed by atoms with Gasteiger partial charge in [0.05, 0.1) is 6.61 Å². The molecule has 0 aliphatic heterocycles. The minimum absolute atomic E-state index is 0. The van der Waals surface area contributed by atoms with Crippen molar-refractivity contribution >= 4 is 5.97 Å². The molecule has 0 unspecified atom stereocenters. The molecule has 0 aliphatic carbocycles. The van der Waals surface area contributed by atoms with Gasteiger partial charge < -0.3 is 4.74 Å². The second-order valence-corrected chi connectivity index (χ2v) is 2.28. The van der Waals surface area contributed by atoms with Crippen LogP contribution in [0.5, 0.6) is 0 Å². The number of ether oxygens (including phenoxy) is 1. The quantitative estimate of drug-likeness (QED) is 0.317. The predicted octanol–water partition coefficient (Wildman–Crippen LogP) is 1.94. The van der Waals surface area contributed by atoms with Crippen LogP contribution < -0.4 is 0 Å². The Hall–Kier alpha value is 0.0283. The zero-order valence-corrected chi connectivity index (χ0v) is 8.97. The summed E-state index contributed by atoms with van der Waals surface area (Å²) >= 11 is 0. The summed E-state index contributed by atoms with van der Waals surface area (Å²) in [5.74, 6) is -0.420. The van der Waals surface area contributed by atoms with Gasteiger partial charge in [-0.15, -0.1) is 0 Å². The third kappa shape index (κ3) is 13.1. The number of rotatable bonds is 5. The van der Waals surface area contributed by atoms with E-state index in [0.29, 0.717) is 6.61 Å². The third-order valence-corrected chi connectivity index (χ3v) is 1.26. The van der Waals surface area contributed by atoms with Crippen LogP contribution in [-0.4, -0.2) is 12.6 Å². The van der Waals surface area contributed by atoms with Crippen molar-refractivity contribution in [1.82, 2.24) is 0 Å². The van der Waals surface area contributed by atoms with Gasteiger partial charge >= 0.3 is 0 Å². The Morgan fingerprint density at radius 1 is 1.36 bits per heavy atom. The van der Waals surface area contributed by atoms with E-state index in [1.165, 1.54) is 12.8 Å². The molecular weight excluding hydrogens is 224 g/mol. The first-order valence-electron chi connectivity index (χ1n) is 3.76. The van der Waals surface area contributed by atoms with E-state index in [2.05, 4.69) is 18.6 Å². The molecule has 0 rings (SSSR count). The van der Waals surface area contributed by atoms with Crippen LogP contribution in [0.2, 0.25) is 0 Å². The smallest absolute Gasteiger partial charge is 0.164 e. The second-order valence-electron chi connectivity index (χ2n) is 2.28. The van der Waals surface area contributed by atoms with Crippen molar-refractivity contribution in [2.45, 2.75) is 32.6 Å². The molecule has 0 atom stereocenters. The van der Waals surface area contributed by atoms with Gasteiger partial charge in [-0.1, -0.05) is 26.2 Å². The van der Waals surface area contributed by atoms with E-state index in [1.54, 1.807) is 0 Å². The van der Waals surface area contributed by atoms with Crippen LogP contribution in [0.25, 0.3) is 0 Å². The van der Waals surface area contributed by atoms with Crippen molar-refractivity contribution in [2.24, 2.45) is 0 Å². The molecular formula is C8H15MoO2-. The summed E-state index contributed by atoms with van der Waals surface area (Å²) in [7, 11) is 0. The van der Waals surface area contributed by atoms with Gasteiger partial charge in [0.1, 0.15) is 0 Å². The van der Waals surface area contributed by atoms with Gasteiger partial charge in [0.2, 0.25) is 0 Å². The maximum atomic E-state index is 10.1. The van der Waals surface area contributed by atoms with E-state index in [4.69, 9.17) is 0 Å². The first-order chi connectivity index (χ1) is 4.77. The maximum absolute atomic E-state index is 10.1. The topological polar surface area (TPSA) is 26.3 Å². The standard InChI is InChI=1S/C8H15O2.Mo/c1-3-4-5-6-7-10-8(2)9;/h2-7H2,1H3;/q-1;. The molecule has 0 heterocycles. The van der Waals surface area contributed by atoms with Gasteiger partial charge in [-0.3, -0.25) is 11.7 Å². The molecule has 0 saturated heterocycles. The van der Waals surface area contributed by atoms with E-state index < -0.39 is 5.97 Å². The Morgan fingerprint density at radius 2 is 2.00 bits per heavy atom. The number of unbranched alkanes of at least 4 members (excludes halogenated alkanes) is 3. The Morgan fingerprint density at radius 3 is 2.45 bits per heavy atom. The van der Waals surface area contributed by atoms with Crippen molar-refractivity contribution in [3.8, 4) is 0 Å². The van der Waals surface area contributed by atoms with E-state index in [0.717, 1.165) is 12.8 Å². The number of hydrogen-bond acceptors (Lipinski definition) is 2. The van der Waals surface area contributed by atoms with Crippen LogP contribution in [0.4, 0.5) is 0 Å². The Balaban J connectivity index is 0. The molecule has 0 spiro atoms. The van der Waals surface area contributed by atoms with Crippen LogP contribution in [0.15, 0.2) is 0 Å². The summed E-state index contributed by atoms with van der Waals surface area (Å²) in [5.41, 5.74) is 0. The molecule has 3 heteroatoms. The first-order valence-corrected chi connectivity index (χ1v) is 3.76. The maximum Gasteiger partial charge on any atom is 0.164 e. The van der Waals surface area contributed by atoms with Gasteiger partial charge in [-0.2, -0.15) is 0 Å². The number of carbonyl (C=O) groups is 1. The molecule has 0 radical (unpaired) electrons. The molecule has 0 bridgehead atoms. The molecule has 0 aromatic carbocycles. The summed E-state index contributed by atoms with van der Waals surface area (Å²) in [6.07, 6.45) is 4.53. The van der Waals surface area contributed by atoms with E-state index >= 15 is 0 Å². The monoisotopic (exact) mass is 241 g/mol. The summed E-state index contributed by atoms with van der Waals surface area (Å²) in [6.45, 7) is 5.77. The number of carbonyl (C=O) groups excluding carboxylic acids is 1. The van der Waals surface area contributed by atoms with E-state index in [1.807, 2.05) is 0 Å². The fraction of sp³-hybridized carbons (Fsp3) is 0.750. The van der Waals surface area contributed by atoms with Crippen LogP contribution >= 0.6 is 0 Å². The second kappa shape index (κ2) is 10.0. The average Bonchev–Trinajstić information content (AvgIpc) is 1.87. The van der Waals surface area contributed by atoms with Gasteiger partial charge in [0.15, 0.2) is 5.97 Å². The molecule has 11 heavy (non-hydrogen) atoms. The molecule has 0 aromatic heterocycles. The average molecular weight is 239 g/mol. The van der Waals surface area contributed by atoms with Gasteiger partial charge in [0.25, 0.3) is 0 Å². The van der Waals surface area contributed by atoms with Crippen LogP contribution in [0, 0.1) is 6.92 Å². The van der Waals surface area contributed by atoms with Crippen LogP contribution in [-0.2, 0) is 30.6 Å². The summed E-state index contributed by atoms with van der Waals surface area (Å²) in [6, 6.07) is 0. The third-order valence-electron chi connectivity index (χ3n) is 1.26. The fourth-order valence-corrected chi connectivity index (χ4v) is 0.715. The SMILES string of the molecule is [CH2-]C(=O)OCCCCCC.[Mo]. The van der Waals surface area contributed by atoms with E-state index in [9.17, 15) is 4.79 Å². The summed E-state index contributed by atoms with van der Waals surface area (Å²) < 4.78 is 4.64. The number of esters is 1. The molecule has 0 saturated carbocycles. The largest absolute Gasteiger partial charge is 0.488 e. The number of hydrogen-bond donors (Lipinski definition) is 0. The van der Waals surface area contributed by atoms with Crippen molar-refractivity contribution in [3.63, 3.8) is 0 Å². The molecule has 66 valence electrons. The molecule has 0 aliphatic rings. The summed E-state index contributed by atoms with van der Waals surface area (Å²) in [5, 5.41) is 0. The van der Waals surface area contributed by atoms with Crippen molar-refractivity contribution in [1.29, 1.82) is 0 Å². The summed E-state index contributed by atoms with van der Waals surface area (Å²) in [4.78, 5) is 10.1. The van der Waals surface area contributed by atoms with E-state index in [-0.39, 0.29) is 21.1 Å².